The van der Waals surface area contributed by atoms with Crippen LogP contribution in [0.2, 0.25) is 5.15 Å². The largest absolute Gasteiger partial charge is 0.368 e. The minimum Gasteiger partial charge on any atom is -0.368 e. The Morgan fingerprint density at radius 3 is 2.63 bits per heavy atom. The summed E-state index contributed by atoms with van der Waals surface area (Å²) in [5, 5.41) is 3.96. The predicted octanol–water partition coefficient (Wildman–Crippen LogP) is 2.98. The highest BCUT2D eigenvalue weighted by atomic mass is 35.5. The number of aromatic nitrogens is 2. The molecule has 0 aliphatic carbocycles. The Kier molecular flexibility index (Phi) is 5.86. The van der Waals surface area contributed by atoms with Crippen LogP contribution in [0, 0.1) is 0 Å². The van der Waals surface area contributed by atoms with Gasteiger partial charge in [0.1, 0.15) is 17.3 Å². The van der Waals surface area contributed by atoms with Gasteiger partial charge in [0.05, 0.1) is 0 Å². The number of likely N-dealkylation sites (tertiary alicyclic amines) is 1. The molecule has 0 spiro atoms. The Labute approximate surface area is 120 Å². The molecule has 0 unspecified atom stereocenters. The van der Waals surface area contributed by atoms with E-state index in [1.54, 1.807) is 0 Å². The normalized spacial score (nSPS) is 17.2. The topological polar surface area (TPSA) is 41.1 Å². The first-order valence-electron chi connectivity index (χ1n) is 7.27. The average molecular weight is 283 g/mol. The van der Waals surface area contributed by atoms with Crippen LogP contribution in [0.3, 0.4) is 0 Å². The summed E-state index contributed by atoms with van der Waals surface area (Å²) in [5.41, 5.74) is 1.01. The van der Waals surface area contributed by atoms with E-state index in [2.05, 4.69) is 27.1 Å². The van der Waals surface area contributed by atoms with Gasteiger partial charge >= 0.3 is 0 Å². The Hall–Kier alpha value is -0.870. The van der Waals surface area contributed by atoms with Crippen LogP contribution in [0.4, 0.5) is 5.82 Å². The highest BCUT2D eigenvalue weighted by Crippen LogP contribution is 2.19. The SMILES string of the molecule is CCc1c(Cl)ncnc1NCCN1CCCCCC1. The van der Waals surface area contributed by atoms with Crippen molar-refractivity contribution in [3.8, 4) is 0 Å². The highest BCUT2D eigenvalue weighted by molar-refractivity contribution is 6.30. The third kappa shape index (κ3) is 4.32. The average Bonchev–Trinajstić information content (AvgIpc) is 2.68. The van der Waals surface area contributed by atoms with Crippen LogP contribution in [-0.2, 0) is 6.42 Å². The number of hydrogen-bond acceptors (Lipinski definition) is 4. The number of anilines is 1. The molecule has 0 amide bonds. The Morgan fingerprint density at radius 2 is 1.95 bits per heavy atom. The first kappa shape index (κ1) is 14.5. The van der Waals surface area contributed by atoms with E-state index in [-0.39, 0.29) is 0 Å². The van der Waals surface area contributed by atoms with Crippen LogP contribution in [0.1, 0.15) is 38.2 Å². The molecular formula is C14H23ClN4. The maximum absolute atomic E-state index is 6.08. The van der Waals surface area contributed by atoms with Crippen molar-refractivity contribution in [3.05, 3.63) is 17.0 Å². The zero-order valence-corrected chi connectivity index (χ0v) is 12.4. The second-order valence-corrected chi connectivity index (χ2v) is 5.39. The van der Waals surface area contributed by atoms with Crippen LogP contribution in [0.25, 0.3) is 0 Å². The quantitative estimate of drug-likeness (QED) is 0.843. The summed E-state index contributed by atoms with van der Waals surface area (Å²) in [6, 6.07) is 0. The van der Waals surface area contributed by atoms with E-state index in [4.69, 9.17) is 11.6 Å². The number of hydrogen-bond donors (Lipinski definition) is 1. The first-order chi connectivity index (χ1) is 9.31. The number of nitrogens with one attached hydrogen (secondary N) is 1. The summed E-state index contributed by atoms with van der Waals surface area (Å²) in [6.07, 6.45) is 7.80. The lowest BCUT2D eigenvalue weighted by Gasteiger charge is -2.20. The molecule has 0 saturated carbocycles. The fraction of sp³-hybridized carbons (Fsp3) is 0.714. The Morgan fingerprint density at radius 1 is 1.21 bits per heavy atom. The van der Waals surface area contributed by atoms with Gasteiger partial charge in [-0.3, -0.25) is 0 Å². The molecule has 0 bridgehead atoms. The zero-order valence-electron chi connectivity index (χ0n) is 11.7. The van der Waals surface area contributed by atoms with Crippen molar-refractivity contribution in [2.45, 2.75) is 39.0 Å². The molecular weight excluding hydrogens is 260 g/mol. The lowest BCUT2D eigenvalue weighted by Crippen LogP contribution is -2.30. The second kappa shape index (κ2) is 7.65. The molecule has 1 aromatic rings. The molecule has 0 radical (unpaired) electrons. The van der Waals surface area contributed by atoms with Gasteiger partial charge in [-0.15, -0.1) is 0 Å². The first-order valence-corrected chi connectivity index (χ1v) is 7.64. The smallest absolute Gasteiger partial charge is 0.137 e. The second-order valence-electron chi connectivity index (χ2n) is 5.03. The van der Waals surface area contributed by atoms with Crippen LogP contribution in [-0.4, -0.2) is 41.0 Å². The van der Waals surface area contributed by atoms with Crippen LogP contribution in [0.5, 0.6) is 0 Å². The van der Waals surface area contributed by atoms with Gasteiger partial charge < -0.3 is 10.2 Å². The van der Waals surface area contributed by atoms with E-state index in [1.807, 2.05) is 0 Å². The van der Waals surface area contributed by atoms with Crippen molar-refractivity contribution in [1.82, 2.24) is 14.9 Å². The van der Waals surface area contributed by atoms with Gasteiger partial charge in [-0.1, -0.05) is 31.4 Å². The van der Waals surface area contributed by atoms with Crippen LogP contribution >= 0.6 is 11.6 Å². The van der Waals surface area contributed by atoms with Crippen molar-refractivity contribution in [3.63, 3.8) is 0 Å². The lowest BCUT2D eigenvalue weighted by molar-refractivity contribution is 0.296. The molecule has 1 aromatic heterocycles. The third-order valence-corrected chi connectivity index (χ3v) is 3.99. The Bertz CT molecular complexity index is 389. The van der Waals surface area contributed by atoms with Crippen LogP contribution < -0.4 is 5.32 Å². The maximum atomic E-state index is 6.08. The fourth-order valence-corrected chi connectivity index (χ4v) is 2.82. The molecule has 0 aromatic carbocycles. The molecule has 1 N–H and O–H groups in total. The minimum atomic E-state index is 0.565. The summed E-state index contributed by atoms with van der Waals surface area (Å²) in [6.45, 7) is 6.52. The number of halogens is 1. The van der Waals surface area contributed by atoms with Gasteiger partial charge in [-0.2, -0.15) is 0 Å². The standard InChI is InChI=1S/C14H23ClN4/c1-2-12-13(15)17-11-18-14(12)16-7-10-19-8-5-3-4-6-9-19/h11H,2-10H2,1H3,(H,16,17,18). The number of rotatable bonds is 5. The molecule has 4 nitrogen and oxygen atoms in total. The molecule has 1 saturated heterocycles. The molecule has 5 heteroatoms. The predicted molar refractivity (Wildman–Crippen MR) is 79.8 cm³/mol. The summed E-state index contributed by atoms with van der Waals surface area (Å²) < 4.78 is 0. The van der Waals surface area contributed by atoms with Gasteiger partial charge in [0, 0.05) is 18.7 Å². The van der Waals surface area contributed by atoms with Crippen molar-refractivity contribution < 1.29 is 0 Å². The maximum Gasteiger partial charge on any atom is 0.137 e. The van der Waals surface area contributed by atoms with Gasteiger partial charge in [-0.05, 0) is 32.4 Å². The summed E-state index contributed by atoms with van der Waals surface area (Å²) in [5.74, 6) is 0.886. The van der Waals surface area contributed by atoms with Gasteiger partial charge in [0.15, 0.2) is 0 Å². The molecule has 106 valence electrons. The molecule has 1 aliphatic heterocycles. The molecule has 2 rings (SSSR count). The van der Waals surface area contributed by atoms with E-state index in [9.17, 15) is 0 Å². The van der Waals surface area contributed by atoms with E-state index in [1.165, 1.54) is 45.1 Å². The van der Waals surface area contributed by atoms with Crippen molar-refractivity contribution in [2.75, 3.05) is 31.5 Å². The van der Waals surface area contributed by atoms with Gasteiger partial charge in [-0.25, -0.2) is 9.97 Å². The molecule has 19 heavy (non-hydrogen) atoms. The summed E-state index contributed by atoms with van der Waals surface area (Å²) in [4.78, 5) is 10.8. The van der Waals surface area contributed by atoms with E-state index in [0.29, 0.717) is 5.15 Å². The van der Waals surface area contributed by atoms with Crippen molar-refractivity contribution in [2.24, 2.45) is 0 Å². The van der Waals surface area contributed by atoms with Gasteiger partial charge in [0.2, 0.25) is 0 Å². The van der Waals surface area contributed by atoms with E-state index < -0.39 is 0 Å². The molecule has 2 heterocycles. The molecule has 1 aliphatic rings. The zero-order chi connectivity index (χ0) is 13.5. The summed E-state index contributed by atoms with van der Waals surface area (Å²) >= 11 is 6.08. The fourth-order valence-electron chi connectivity index (χ4n) is 2.55. The molecule has 0 atom stereocenters. The monoisotopic (exact) mass is 282 g/mol. The molecule has 1 fully saturated rings. The van der Waals surface area contributed by atoms with Crippen molar-refractivity contribution >= 4 is 17.4 Å². The summed E-state index contributed by atoms with van der Waals surface area (Å²) in [7, 11) is 0. The number of nitrogens with zero attached hydrogens (tertiary/aromatic N) is 3. The van der Waals surface area contributed by atoms with E-state index >= 15 is 0 Å². The third-order valence-electron chi connectivity index (χ3n) is 3.67. The minimum absolute atomic E-state index is 0.565. The van der Waals surface area contributed by atoms with Crippen LogP contribution in [0.15, 0.2) is 6.33 Å². The highest BCUT2D eigenvalue weighted by Gasteiger charge is 2.10. The van der Waals surface area contributed by atoms with E-state index in [0.717, 1.165) is 30.9 Å². The lowest BCUT2D eigenvalue weighted by atomic mass is 10.2. The Balaban J connectivity index is 1.83. The van der Waals surface area contributed by atoms with Gasteiger partial charge in [0.25, 0.3) is 0 Å². The van der Waals surface area contributed by atoms with Crippen molar-refractivity contribution in [1.29, 1.82) is 0 Å².